The second kappa shape index (κ2) is 17.9. The molecule has 6 atom stereocenters. The number of nitrogens with zero attached hydrogens (tertiary/aromatic N) is 7. The normalized spacial score (nSPS) is 23.8. The Labute approximate surface area is 374 Å². The van der Waals surface area contributed by atoms with Crippen LogP contribution in [0.3, 0.4) is 0 Å². The Balaban J connectivity index is 1.16. The molecular formula is C47H63N9O6S. The SMILES string of the molecule is CCn1c(-c2cccnc2[C@H](C)OC)c2c3cc(ccc31)-c1csc(n1)C[C@H](NC(=O)C(C(C)C)N(C)C(=O)N1CC3CC(C1)N3C)C(=O)N1CCC[C@H](N1)C(=O)OCC(C)(C)C2. The van der Waals surface area contributed by atoms with Crippen LogP contribution in [0.4, 0.5) is 4.79 Å². The zero-order chi connectivity index (χ0) is 44.9. The minimum absolute atomic E-state index is 0.117. The number of hydrogen-bond donors (Lipinski definition) is 2. The number of carbonyl (C=O) groups is 4. The molecular weight excluding hydrogens is 819 g/mol. The van der Waals surface area contributed by atoms with Gasteiger partial charge >= 0.3 is 12.0 Å². The lowest BCUT2D eigenvalue weighted by atomic mass is 9.84. The molecule has 9 rings (SSSR count). The van der Waals surface area contributed by atoms with Gasteiger partial charge in [-0.15, -0.1) is 11.3 Å². The molecule has 2 N–H and O–H groups in total. The molecule has 3 aromatic heterocycles. The van der Waals surface area contributed by atoms with E-state index in [2.05, 4.69) is 72.3 Å². The van der Waals surface area contributed by atoms with E-state index in [-0.39, 0.29) is 37.0 Å². The Morgan fingerprint density at radius 3 is 2.60 bits per heavy atom. The van der Waals surface area contributed by atoms with Crippen LogP contribution in [0.2, 0.25) is 0 Å². The maximum atomic E-state index is 14.6. The molecule has 5 aliphatic heterocycles. The highest BCUT2D eigenvalue weighted by atomic mass is 32.1. The van der Waals surface area contributed by atoms with Gasteiger partial charge < -0.3 is 29.2 Å². The van der Waals surface area contributed by atoms with Crippen LogP contribution in [0.5, 0.6) is 0 Å². The van der Waals surface area contributed by atoms with E-state index in [1.165, 1.54) is 21.2 Å². The number of esters is 1. The smallest absolute Gasteiger partial charge is 0.324 e. The van der Waals surface area contributed by atoms with Crippen molar-refractivity contribution in [2.75, 3.05) is 47.4 Å². The minimum Gasteiger partial charge on any atom is -0.464 e. The third kappa shape index (κ3) is 8.71. The number of cyclic esters (lactones) is 1. The average molecular weight is 882 g/mol. The van der Waals surface area contributed by atoms with Gasteiger partial charge in [-0.2, -0.15) is 0 Å². The van der Waals surface area contributed by atoms with E-state index in [4.69, 9.17) is 19.4 Å². The summed E-state index contributed by atoms with van der Waals surface area (Å²) in [5, 5.41) is 8.25. The largest absolute Gasteiger partial charge is 0.464 e. The quantitative estimate of drug-likeness (QED) is 0.212. The number of urea groups is 1. The van der Waals surface area contributed by atoms with E-state index in [0.29, 0.717) is 62.5 Å². The second-order valence-corrected chi connectivity index (χ2v) is 19.9. The number of fused-ring (bicyclic) bond motifs is 8. The minimum atomic E-state index is -1.03. The van der Waals surface area contributed by atoms with E-state index >= 15 is 0 Å². The van der Waals surface area contributed by atoms with Crippen molar-refractivity contribution in [2.24, 2.45) is 11.3 Å². The summed E-state index contributed by atoms with van der Waals surface area (Å²) in [6.07, 6.45) is 4.40. The third-order valence-corrected chi connectivity index (χ3v) is 14.5. The molecule has 16 heteroatoms. The number of hydrazine groups is 1. The molecule has 3 unspecified atom stereocenters. The molecule has 0 spiro atoms. The van der Waals surface area contributed by atoms with Crippen molar-refractivity contribution in [2.45, 2.75) is 117 Å². The summed E-state index contributed by atoms with van der Waals surface area (Å²) in [6, 6.07) is 8.32. The molecule has 63 heavy (non-hydrogen) atoms. The Kier molecular flexibility index (Phi) is 12.7. The van der Waals surface area contributed by atoms with Crippen LogP contribution in [0.1, 0.15) is 83.2 Å². The van der Waals surface area contributed by atoms with Crippen LogP contribution >= 0.6 is 11.3 Å². The Hall–Kier alpha value is -4.90. The van der Waals surface area contributed by atoms with Gasteiger partial charge in [0.15, 0.2) is 0 Å². The van der Waals surface area contributed by atoms with Gasteiger partial charge in [-0.05, 0) is 82.3 Å². The van der Waals surface area contributed by atoms with Gasteiger partial charge in [-0.1, -0.05) is 33.8 Å². The van der Waals surface area contributed by atoms with E-state index < -0.39 is 35.4 Å². The predicted molar refractivity (Wildman–Crippen MR) is 243 cm³/mol. The van der Waals surface area contributed by atoms with Crippen LogP contribution in [-0.2, 0) is 43.2 Å². The summed E-state index contributed by atoms with van der Waals surface area (Å²) in [4.78, 5) is 72.4. The number of thiazole rings is 1. The number of hydrogen-bond acceptors (Lipinski definition) is 11. The van der Waals surface area contributed by atoms with Crippen molar-refractivity contribution in [1.82, 2.24) is 45.0 Å². The monoisotopic (exact) mass is 881 g/mol. The lowest BCUT2D eigenvalue weighted by Gasteiger charge is -2.55. The first-order valence-electron chi connectivity index (χ1n) is 22.4. The van der Waals surface area contributed by atoms with Gasteiger partial charge in [0.1, 0.15) is 18.1 Å². The van der Waals surface area contributed by atoms with Crippen molar-refractivity contribution < 1.29 is 28.7 Å². The number of aryl methyl sites for hydroxylation is 1. The molecule has 4 fully saturated rings. The first-order chi connectivity index (χ1) is 30.1. The lowest BCUT2D eigenvalue weighted by molar-refractivity contribution is -0.155. The molecule has 0 saturated carbocycles. The first-order valence-corrected chi connectivity index (χ1v) is 23.3. The highest BCUT2D eigenvalue weighted by Crippen LogP contribution is 2.42. The maximum Gasteiger partial charge on any atom is 0.324 e. The number of piperazine rings is 1. The fourth-order valence-corrected chi connectivity index (χ4v) is 10.9. The molecule has 8 bridgehead atoms. The van der Waals surface area contributed by atoms with Crippen LogP contribution in [0.15, 0.2) is 41.9 Å². The van der Waals surface area contributed by atoms with Gasteiger partial charge in [0.05, 0.1) is 34.8 Å². The van der Waals surface area contributed by atoms with E-state index in [1.807, 2.05) is 37.1 Å². The molecule has 5 aliphatic rings. The van der Waals surface area contributed by atoms with E-state index in [9.17, 15) is 19.2 Å². The van der Waals surface area contributed by atoms with Gasteiger partial charge in [-0.25, -0.2) is 15.2 Å². The van der Waals surface area contributed by atoms with Crippen molar-refractivity contribution in [3.05, 3.63) is 58.2 Å². The second-order valence-electron chi connectivity index (χ2n) is 19.0. The highest BCUT2D eigenvalue weighted by Gasteiger charge is 2.46. The molecule has 0 radical (unpaired) electrons. The number of aromatic nitrogens is 3. The number of rotatable bonds is 8. The number of nitrogens with one attached hydrogen (secondary N) is 2. The van der Waals surface area contributed by atoms with Crippen LogP contribution in [0.25, 0.3) is 33.4 Å². The summed E-state index contributed by atoms with van der Waals surface area (Å²) < 4.78 is 14.3. The molecule has 8 heterocycles. The van der Waals surface area contributed by atoms with Gasteiger partial charge in [0.25, 0.3) is 5.91 Å². The number of likely N-dealkylation sites (N-methyl/N-ethyl adjacent to an activating group) is 2. The molecule has 1 aromatic carbocycles. The Bertz CT molecular complexity index is 2360. The summed E-state index contributed by atoms with van der Waals surface area (Å²) in [7, 11) is 5.46. The maximum absolute atomic E-state index is 14.6. The molecule has 0 aliphatic carbocycles. The summed E-state index contributed by atoms with van der Waals surface area (Å²) in [6.45, 7) is 14.6. The molecule has 338 valence electrons. The van der Waals surface area contributed by atoms with Gasteiger partial charge in [0.2, 0.25) is 5.91 Å². The van der Waals surface area contributed by atoms with Crippen molar-refractivity contribution in [3.8, 4) is 22.5 Å². The summed E-state index contributed by atoms with van der Waals surface area (Å²) in [5.41, 5.74) is 9.43. The van der Waals surface area contributed by atoms with Gasteiger partial charge in [-0.3, -0.25) is 29.3 Å². The number of carbonyl (C=O) groups excluding carboxylic acids is 4. The topological polar surface area (TPSA) is 154 Å². The summed E-state index contributed by atoms with van der Waals surface area (Å²) in [5.74, 6) is -1.48. The number of benzene rings is 1. The van der Waals surface area contributed by atoms with Crippen LogP contribution < -0.4 is 10.7 Å². The number of pyridine rings is 1. The first kappa shape index (κ1) is 44.7. The van der Waals surface area contributed by atoms with Crippen molar-refractivity contribution in [3.63, 3.8) is 0 Å². The Morgan fingerprint density at radius 2 is 1.90 bits per heavy atom. The lowest BCUT2D eigenvalue weighted by Crippen LogP contribution is -2.69. The number of methoxy groups -OCH3 is 1. The predicted octanol–water partition coefficient (Wildman–Crippen LogP) is 5.67. The summed E-state index contributed by atoms with van der Waals surface area (Å²) >= 11 is 1.44. The fraction of sp³-hybridized carbons (Fsp3) is 0.574. The zero-order valence-corrected chi connectivity index (χ0v) is 39.0. The van der Waals surface area contributed by atoms with Crippen molar-refractivity contribution >= 4 is 46.1 Å². The fourth-order valence-electron chi connectivity index (χ4n) is 10.0. The molecule has 4 saturated heterocycles. The van der Waals surface area contributed by atoms with Crippen molar-refractivity contribution in [1.29, 1.82) is 0 Å². The van der Waals surface area contributed by atoms with Crippen LogP contribution in [0, 0.1) is 11.3 Å². The number of amides is 4. The zero-order valence-electron chi connectivity index (χ0n) is 38.1. The molecule has 15 nitrogen and oxygen atoms in total. The van der Waals surface area contributed by atoms with Gasteiger partial charge in [0, 0.05) is 97.9 Å². The van der Waals surface area contributed by atoms with E-state index in [0.717, 1.165) is 51.1 Å². The standard InChI is InChI=1S/C47H63N9O6S/c1-10-55-38-16-15-29-19-33(38)34(42(55)32-13-11-17-48-40(32)28(4)61-9)22-47(5,6)26-62-45(59)35-14-12-18-56(51-35)44(58)36(21-39-49-37(29)25-63-39)50-43(57)41(27(2)3)53(8)46(60)54-23-30-20-31(24-54)52(30)7/h11,13,15-17,19,25,27-28,30-31,35-36,41,51H,10,12,14,18,20-24,26H2,1-9H3,(H,50,57)/t28-,30?,31?,35-,36-,41?/m0/s1. The molecule has 4 aromatic rings. The van der Waals surface area contributed by atoms with Crippen LogP contribution in [-0.4, -0.2) is 136 Å². The highest BCUT2D eigenvalue weighted by molar-refractivity contribution is 7.10. The van der Waals surface area contributed by atoms with E-state index in [1.54, 1.807) is 20.4 Å². The number of piperidine rings is 1. The number of ether oxygens (including phenoxy) is 2. The average Bonchev–Trinajstić information content (AvgIpc) is 3.88. The Morgan fingerprint density at radius 1 is 1.14 bits per heavy atom. The third-order valence-electron chi connectivity index (χ3n) is 13.6. The molecule has 4 amide bonds.